The van der Waals surface area contributed by atoms with Crippen molar-refractivity contribution in [3.8, 4) is 0 Å². The summed E-state index contributed by atoms with van der Waals surface area (Å²) >= 11 is 0. The summed E-state index contributed by atoms with van der Waals surface area (Å²) in [6, 6.07) is 0. The third-order valence-corrected chi connectivity index (χ3v) is 7.35. The van der Waals surface area contributed by atoms with Crippen LogP contribution in [0.2, 0.25) is 0 Å². The van der Waals surface area contributed by atoms with Crippen LogP contribution in [0.4, 0.5) is 0 Å². The van der Waals surface area contributed by atoms with Gasteiger partial charge in [-0.25, -0.2) is 0 Å². The van der Waals surface area contributed by atoms with Crippen molar-refractivity contribution in [3.05, 3.63) is 23.8 Å². The first-order chi connectivity index (χ1) is 14.1. The van der Waals surface area contributed by atoms with E-state index in [1.807, 2.05) is 20.8 Å². The van der Waals surface area contributed by atoms with Crippen LogP contribution in [-0.4, -0.2) is 35.4 Å². The van der Waals surface area contributed by atoms with Crippen LogP contribution in [0.1, 0.15) is 73.1 Å². The highest BCUT2D eigenvalue weighted by Gasteiger charge is 2.43. The van der Waals surface area contributed by atoms with Crippen molar-refractivity contribution < 1.29 is 24.2 Å². The number of hydrogen-bond acceptors (Lipinski definition) is 5. The maximum atomic E-state index is 12.9. The lowest BCUT2D eigenvalue weighted by molar-refractivity contribution is -0.166. The fraction of sp³-hybridized carbons (Fsp3) is 0.760. The lowest BCUT2D eigenvalue weighted by atomic mass is 9.65. The Morgan fingerprint density at radius 1 is 1.27 bits per heavy atom. The van der Waals surface area contributed by atoms with Crippen LogP contribution >= 0.6 is 0 Å². The Kier molecular flexibility index (Phi) is 7.11. The zero-order chi connectivity index (χ0) is 22.1. The summed E-state index contributed by atoms with van der Waals surface area (Å²) < 4.78 is 11.6. The maximum absolute atomic E-state index is 12.9. The summed E-state index contributed by atoms with van der Waals surface area (Å²) in [4.78, 5) is 24.6. The predicted molar refractivity (Wildman–Crippen MR) is 115 cm³/mol. The molecule has 2 unspecified atom stereocenters. The Morgan fingerprint density at radius 2 is 2.00 bits per heavy atom. The van der Waals surface area contributed by atoms with Crippen LogP contribution in [0.5, 0.6) is 0 Å². The van der Waals surface area contributed by atoms with Crippen molar-refractivity contribution in [1.29, 1.82) is 0 Å². The van der Waals surface area contributed by atoms with Gasteiger partial charge in [-0.05, 0) is 62.9 Å². The number of esters is 2. The molecular weight excluding hydrogens is 380 g/mol. The first kappa shape index (κ1) is 23.1. The SMILES string of the molecule is CCC(C)(C)C(=O)O[C@H]1C[C@@H](C)C=C2C=C[C@H](C)[C@H](CC[C@@H]3CC(O)CC(=O)O3)C21. The van der Waals surface area contributed by atoms with Gasteiger partial charge in [-0.1, -0.05) is 39.0 Å². The highest BCUT2D eigenvalue weighted by molar-refractivity contribution is 5.76. The van der Waals surface area contributed by atoms with Gasteiger partial charge < -0.3 is 14.6 Å². The number of ether oxygens (including phenoxy) is 2. The summed E-state index contributed by atoms with van der Waals surface area (Å²) in [7, 11) is 0. The number of hydrogen-bond donors (Lipinski definition) is 1. The smallest absolute Gasteiger partial charge is 0.311 e. The number of cyclic esters (lactones) is 1. The number of aliphatic hydroxyl groups excluding tert-OH is 1. The van der Waals surface area contributed by atoms with Crippen molar-refractivity contribution >= 4 is 11.9 Å². The molecule has 0 radical (unpaired) electrons. The fourth-order valence-corrected chi connectivity index (χ4v) is 5.08. The second-order valence-corrected chi connectivity index (χ2v) is 10.3. The van der Waals surface area contributed by atoms with Gasteiger partial charge in [0.25, 0.3) is 0 Å². The van der Waals surface area contributed by atoms with Crippen molar-refractivity contribution in [2.24, 2.45) is 29.1 Å². The van der Waals surface area contributed by atoms with Gasteiger partial charge in [0.2, 0.25) is 0 Å². The van der Waals surface area contributed by atoms with E-state index in [9.17, 15) is 14.7 Å². The normalized spacial score (nSPS) is 36.5. The van der Waals surface area contributed by atoms with Gasteiger partial charge in [-0.15, -0.1) is 0 Å². The Morgan fingerprint density at radius 3 is 2.67 bits per heavy atom. The first-order valence-electron chi connectivity index (χ1n) is 11.6. The van der Waals surface area contributed by atoms with E-state index in [2.05, 4.69) is 32.1 Å². The molecule has 7 atom stereocenters. The minimum absolute atomic E-state index is 0.0949. The Hall–Kier alpha value is -1.62. The van der Waals surface area contributed by atoms with Crippen LogP contribution in [-0.2, 0) is 19.1 Å². The van der Waals surface area contributed by atoms with Gasteiger partial charge in [0.05, 0.1) is 17.9 Å². The predicted octanol–water partition coefficient (Wildman–Crippen LogP) is 4.59. The van der Waals surface area contributed by atoms with Gasteiger partial charge in [0, 0.05) is 12.3 Å². The van der Waals surface area contributed by atoms with E-state index in [1.165, 1.54) is 5.57 Å². The first-order valence-corrected chi connectivity index (χ1v) is 11.6. The molecule has 5 heteroatoms. The molecule has 0 aromatic rings. The molecule has 0 aromatic heterocycles. The molecule has 0 amide bonds. The van der Waals surface area contributed by atoms with E-state index in [-0.39, 0.29) is 36.5 Å². The van der Waals surface area contributed by atoms with Crippen molar-refractivity contribution in [1.82, 2.24) is 0 Å². The average Bonchev–Trinajstić information content (AvgIpc) is 2.66. The molecule has 1 aliphatic heterocycles. The molecule has 1 saturated heterocycles. The standard InChI is InChI=1S/C25H38O5/c1-6-25(4,5)24(28)30-21-12-15(2)11-17-8-7-16(3)20(23(17)21)10-9-19-13-18(26)14-22(27)29-19/h7-8,11,15-16,18-21,23,26H,6,9-10,12-14H2,1-5H3/t15-,16-,18?,19+,20-,21-,23?/m0/s1. The van der Waals surface area contributed by atoms with Crippen LogP contribution in [0, 0.1) is 29.1 Å². The van der Waals surface area contributed by atoms with Gasteiger partial charge in [-0.3, -0.25) is 9.59 Å². The zero-order valence-corrected chi connectivity index (χ0v) is 19.1. The fourth-order valence-electron chi connectivity index (χ4n) is 5.08. The van der Waals surface area contributed by atoms with E-state index in [1.54, 1.807) is 0 Å². The van der Waals surface area contributed by atoms with Gasteiger partial charge in [-0.2, -0.15) is 0 Å². The molecule has 3 aliphatic rings. The van der Waals surface area contributed by atoms with E-state index in [0.717, 1.165) is 25.7 Å². The maximum Gasteiger partial charge on any atom is 0.311 e. The zero-order valence-electron chi connectivity index (χ0n) is 19.1. The van der Waals surface area contributed by atoms with Crippen molar-refractivity contribution in [3.63, 3.8) is 0 Å². The molecule has 1 fully saturated rings. The molecule has 3 rings (SSSR count). The van der Waals surface area contributed by atoms with E-state index >= 15 is 0 Å². The molecule has 1 heterocycles. The average molecular weight is 419 g/mol. The number of carbonyl (C=O) groups excluding carboxylic acids is 2. The molecule has 2 aliphatic carbocycles. The number of fused-ring (bicyclic) bond motifs is 1. The summed E-state index contributed by atoms with van der Waals surface area (Å²) in [5.74, 6) is 0.776. The highest BCUT2D eigenvalue weighted by Crippen LogP contribution is 2.45. The summed E-state index contributed by atoms with van der Waals surface area (Å²) in [6.07, 6.45) is 9.61. The minimum Gasteiger partial charge on any atom is -0.462 e. The van der Waals surface area contributed by atoms with Gasteiger partial charge in [0.15, 0.2) is 0 Å². The van der Waals surface area contributed by atoms with Gasteiger partial charge in [0.1, 0.15) is 12.2 Å². The molecule has 30 heavy (non-hydrogen) atoms. The Labute approximate surface area is 180 Å². The van der Waals surface area contributed by atoms with E-state index in [0.29, 0.717) is 24.2 Å². The lowest BCUT2D eigenvalue weighted by Crippen LogP contribution is -2.43. The Bertz CT molecular complexity index is 706. The van der Waals surface area contributed by atoms with E-state index < -0.39 is 11.5 Å². The van der Waals surface area contributed by atoms with Crippen LogP contribution in [0.3, 0.4) is 0 Å². The van der Waals surface area contributed by atoms with E-state index in [4.69, 9.17) is 9.47 Å². The van der Waals surface area contributed by atoms with Crippen molar-refractivity contribution in [2.75, 3.05) is 0 Å². The summed E-state index contributed by atoms with van der Waals surface area (Å²) in [6.45, 7) is 10.3. The topological polar surface area (TPSA) is 72.8 Å². The van der Waals surface area contributed by atoms with Crippen LogP contribution < -0.4 is 0 Å². The number of carbonyl (C=O) groups is 2. The molecule has 168 valence electrons. The second kappa shape index (κ2) is 9.25. The Balaban J connectivity index is 1.76. The largest absolute Gasteiger partial charge is 0.462 e. The molecule has 1 N–H and O–H groups in total. The highest BCUT2D eigenvalue weighted by atomic mass is 16.6. The molecule has 0 saturated carbocycles. The van der Waals surface area contributed by atoms with Crippen molar-refractivity contribution in [2.45, 2.75) is 91.5 Å². The molecule has 0 bridgehead atoms. The lowest BCUT2D eigenvalue weighted by Gasteiger charge is -2.44. The number of rotatable bonds is 6. The molecule has 0 aromatic carbocycles. The minimum atomic E-state index is -0.601. The second-order valence-electron chi connectivity index (χ2n) is 10.3. The van der Waals surface area contributed by atoms with Gasteiger partial charge >= 0.3 is 11.9 Å². The molecular formula is C25H38O5. The van der Waals surface area contributed by atoms with Crippen LogP contribution in [0.15, 0.2) is 23.8 Å². The number of allylic oxidation sites excluding steroid dienone is 3. The monoisotopic (exact) mass is 418 g/mol. The van der Waals surface area contributed by atoms with Crippen LogP contribution in [0.25, 0.3) is 0 Å². The third-order valence-electron chi connectivity index (χ3n) is 7.35. The molecule has 0 spiro atoms. The molecule has 5 nitrogen and oxygen atoms in total. The quantitative estimate of drug-likeness (QED) is 0.639. The summed E-state index contributed by atoms with van der Waals surface area (Å²) in [5, 5.41) is 9.92. The summed E-state index contributed by atoms with van der Waals surface area (Å²) in [5.41, 5.74) is 0.785. The third kappa shape index (κ3) is 5.16. The number of aliphatic hydroxyl groups is 1.